The van der Waals surface area contributed by atoms with E-state index in [1.807, 2.05) is 13.0 Å². The molecule has 0 aliphatic carbocycles. The molecule has 2 aromatic rings. The van der Waals surface area contributed by atoms with Gasteiger partial charge in [-0.15, -0.1) is 0 Å². The zero-order valence-electron chi connectivity index (χ0n) is 25.8. The van der Waals surface area contributed by atoms with Gasteiger partial charge in [0, 0.05) is 40.5 Å². The van der Waals surface area contributed by atoms with E-state index in [9.17, 15) is 9.65 Å². The molecule has 0 atom stereocenters. The molecule has 44 heavy (non-hydrogen) atoms. The van der Waals surface area contributed by atoms with Crippen LogP contribution in [0.2, 0.25) is 0 Å². The normalized spacial score (nSPS) is 16.8. The number of aryl methyl sites for hydroxylation is 1. The van der Waals surface area contributed by atoms with E-state index in [0.29, 0.717) is 39.9 Å². The van der Waals surface area contributed by atoms with Crippen molar-refractivity contribution in [3.8, 4) is 17.6 Å². The Balaban J connectivity index is 0.00000169. The number of hydrogen-bond acceptors (Lipinski definition) is 7. The van der Waals surface area contributed by atoms with Gasteiger partial charge in [-0.1, -0.05) is 56.1 Å². The second kappa shape index (κ2) is 16.6. The lowest BCUT2D eigenvalue weighted by Gasteiger charge is -2.41. The summed E-state index contributed by atoms with van der Waals surface area (Å²) in [6.07, 6.45) is 4.38. The number of allylic oxidation sites excluding steroid dienone is 3. The van der Waals surface area contributed by atoms with Gasteiger partial charge in [-0.05, 0) is 62.6 Å². The van der Waals surface area contributed by atoms with Crippen molar-refractivity contribution in [2.45, 2.75) is 59.1 Å². The average Bonchev–Trinajstić information content (AvgIpc) is 2.98. The molecule has 236 valence electrons. The van der Waals surface area contributed by atoms with Gasteiger partial charge in [0.15, 0.2) is 0 Å². The molecular formula is C34H41Cl2FN4O3. The number of nitrogens with zero attached hydrogens (tertiary/aromatic N) is 2. The summed E-state index contributed by atoms with van der Waals surface area (Å²) in [4.78, 5) is 2.44. The summed E-state index contributed by atoms with van der Waals surface area (Å²) < 4.78 is 31.3. The van der Waals surface area contributed by atoms with Crippen LogP contribution in [0.1, 0.15) is 62.3 Å². The number of likely N-dealkylation sites (tertiary alicyclic amines) is 1. The molecule has 7 nitrogen and oxygen atoms in total. The Bertz CT molecular complexity index is 1450. The van der Waals surface area contributed by atoms with Crippen LogP contribution in [0.25, 0.3) is 0 Å². The van der Waals surface area contributed by atoms with E-state index in [1.165, 1.54) is 19.4 Å². The molecule has 0 amide bonds. The molecule has 0 unspecified atom stereocenters. The Hall–Kier alpha value is -3.35. The van der Waals surface area contributed by atoms with Gasteiger partial charge in [-0.2, -0.15) is 5.26 Å². The highest BCUT2D eigenvalue weighted by atomic mass is 35.5. The first-order valence-corrected chi connectivity index (χ1v) is 15.5. The van der Waals surface area contributed by atoms with E-state index >= 15 is 0 Å². The van der Waals surface area contributed by atoms with Crippen molar-refractivity contribution in [2.24, 2.45) is 0 Å². The fourth-order valence-corrected chi connectivity index (χ4v) is 5.19. The maximum atomic E-state index is 13.8. The summed E-state index contributed by atoms with van der Waals surface area (Å²) >= 11 is 12.3. The molecule has 0 radical (unpaired) electrons. The average molecular weight is 644 g/mol. The molecule has 2 aromatic carbocycles. The summed E-state index contributed by atoms with van der Waals surface area (Å²) in [5.74, 6) is 0.323. The molecular weight excluding hydrogens is 602 g/mol. The molecule has 0 aromatic heterocycles. The lowest BCUT2D eigenvalue weighted by atomic mass is 9.96. The van der Waals surface area contributed by atoms with Gasteiger partial charge in [0.25, 0.3) is 0 Å². The maximum absolute atomic E-state index is 13.8. The zero-order valence-corrected chi connectivity index (χ0v) is 27.3. The van der Waals surface area contributed by atoms with E-state index in [2.05, 4.69) is 31.4 Å². The first kappa shape index (κ1) is 35.1. The Labute approximate surface area is 270 Å². The van der Waals surface area contributed by atoms with Crippen LogP contribution >= 0.6 is 23.2 Å². The number of halogens is 3. The number of ether oxygens (including phenoxy) is 3. The molecule has 3 N–H and O–H groups in total. The third-order valence-corrected chi connectivity index (χ3v) is 8.16. The van der Waals surface area contributed by atoms with Crippen LogP contribution < -0.4 is 15.2 Å². The maximum Gasteiger partial charge on any atom is 0.140 e. The fraction of sp³-hybridized carbons (Fsp3) is 0.412. The number of nitriles is 1. The van der Waals surface area contributed by atoms with Gasteiger partial charge < -0.3 is 19.9 Å². The van der Waals surface area contributed by atoms with Gasteiger partial charge in [0.2, 0.25) is 0 Å². The van der Waals surface area contributed by atoms with Crippen LogP contribution in [-0.4, -0.2) is 55.7 Å². The first-order valence-electron chi connectivity index (χ1n) is 14.7. The Morgan fingerprint density at radius 3 is 2.43 bits per heavy atom. The summed E-state index contributed by atoms with van der Waals surface area (Å²) in [6, 6.07) is 11.1. The van der Waals surface area contributed by atoms with E-state index in [4.69, 9.17) is 48.6 Å². The number of nitrogens with one attached hydrogen (secondary N) is 1. The quantitative estimate of drug-likeness (QED) is 0.154. The van der Waals surface area contributed by atoms with Crippen molar-refractivity contribution in [3.05, 3.63) is 86.7 Å². The molecule has 0 spiro atoms. The van der Waals surface area contributed by atoms with Crippen molar-refractivity contribution in [2.75, 3.05) is 38.6 Å². The van der Waals surface area contributed by atoms with Gasteiger partial charge >= 0.3 is 0 Å². The minimum absolute atomic E-state index is 0.0193. The highest BCUT2D eigenvalue weighted by molar-refractivity contribution is 6.36. The Morgan fingerprint density at radius 2 is 1.89 bits per heavy atom. The zero-order chi connectivity index (χ0) is 32.4. The van der Waals surface area contributed by atoms with Crippen molar-refractivity contribution >= 4 is 34.6 Å². The van der Waals surface area contributed by atoms with Crippen LogP contribution in [0.15, 0.2) is 64.5 Å². The minimum atomic E-state index is -0.602. The van der Waals surface area contributed by atoms with Gasteiger partial charge in [0.05, 0.1) is 35.6 Å². The van der Waals surface area contributed by atoms with Gasteiger partial charge in [-0.25, -0.2) is 4.39 Å². The molecule has 2 fully saturated rings. The van der Waals surface area contributed by atoms with E-state index < -0.39 is 5.83 Å². The number of hydrogen-bond donors (Lipinski definition) is 2. The number of nitrogens with two attached hydrogens (primary N) is 1. The predicted molar refractivity (Wildman–Crippen MR) is 177 cm³/mol. The predicted octanol–water partition coefficient (Wildman–Crippen LogP) is 8.02. The van der Waals surface area contributed by atoms with Crippen molar-refractivity contribution in [3.63, 3.8) is 0 Å². The highest BCUT2D eigenvalue weighted by Gasteiger charge is 2.31. The molecule has 2 aliphatic rings. The van der Waals surface area contributed by atoms with E-state index in [0.717, 1.165) is 44.7 Å². The fourth-order valence-electron chi connectivity index (χ4n) is 4.84. The SMILES string of the molecule is C=C/C(Cl)=C(COc1ccc(N)c(C(=N)c2cc(C)c(OC3CCN(C4COC4)CC3)c(C#N)c2)c1)\C(Cl)=C(/C)F.CCC. The molecule has 2 aliphatic heterocycles. The van der Waals surface area contributed by atoms with Gasteiger partial charge in [-0.3, -0.25) is 10.3 Å². The molecule has 0 saturated carbocycles. The second-order valence-electron chi connectivity index (χ2n) is 10.8. The van der Waals surface area contributed by atoms with Crippen LogP contribution in [0, 0.1) is 23.7 Å². The number of anilines is 1. The van der Waals surface area contributed by atoms with Crippen LogP contribution in [0.5, 0.6) is 11.5 Å². The minimum Gasteiger partial charge on any atom is -0.489 e. The molecule has 0 bridgehead atoms. The van der Waals surface area contributed by atoms with Crippen LogP contribution in [0.3, 0.4) is 0 Å². The highest BCUT2D eigenvalue weighted by Crippen LogP contribution is 2.32. The Kier molecular flexibility index (Phi) is 13.3. The summed E-state index contributed by atoms with van der Waals surface area (Å²) in [5, 5.41) is 18.9. The van der Waals surface area contributed by atoms with Gasteiger partial charge in [0.1, 0.15) is 36.1 Å². The topological polar surface area (TPSA) is 105 Å². The van der Waals surface area contributed by atoms with Crippen molar-refractivity contribution < 1.29 is 18.6 Å². The summed E-state index contributed by atoms with van der Waals surface area (Å²) in [6.45, 7) is 14.3. The standard InChI is InChI=1S/C31H33Cl2FN4O3.C3H8/c1-4-27(32)26(29(33)19(3)34)17-40-24-5-6-28(36)25(13-24)30(37)20-11-18(2)31(21(12-20)14-35)41-23-7-9-38(10-8-23)22-15-39-16-22;1-3-2/h4-6,11-13,22-23,37H,1,7-10,15-17,36H2,2-3H3;3H2,1-2H3/b27-26+,29-19-,37-30?;. The number of nitrogen functional groups attached to an aromatic ring is 1. The third kappa shape index (κ3) is 8.86. The van der Waals surface area contributed by atoms with Crippen LogP contribution in [-0.2, 0) is 4.74 Å². The number of piperidine rings is 1. The second-order valence-corrected chi connectivity index (χ2v) is 11.6. The number of rotatable bonds is 10. The molecule has 10 heteroatoms. The smallest absolute Gasteiger partial charge is 0.140 e. The van der Waals surface area contributed by atoms with Crippen molar-refractivity contribution in [1.29, 1.82) is 10.7 Å². The summed E-state index contributed by atoms with van der Waals surface area (Å²) in [5.41, 5.74) is 9.01. The van der Waals surface area contributed by atoms with Crippen molar-refractivity contribution in [1.82, 2.24) is 4.90 Å². The monoisotopic (exact) mass is 642 g/mol. The van der Waals surface area contributed by atoms with E-state index in [1.54, 1.807) is 24.3 Å². The third-order valence-electron chi connectivity index (χ3n) is 7.29. The lowest BCUT2D eigenvalue weighted by Crippen LogP contribution is -2.52. The lowest BCUT2D eigenvalue weighted by molar-refractivity contribution is -0.0778. The molecule has 4 rings (SSSR count). The first-order chi connectivity index (χ1) is 21.0. The number of benzene rings is 2. The molecule has 2 heterocycles. The molecule has 2 saturated heterocycles. The Morgan fingerprint density at radius 1 is 1.23 bits per heavy atom. The van der Waals surface area contributed by atoms with E-state index in [-0.39, 0.29) is 34.1 Å². The van der Waals surface area contributed by atoms with Crippen LogP contribution in [0.4, 0.5) is 10.1 Å². The summed E-state index contributed by atoms with van der Waals surface area (Å²) in [7, 11) is 0. The largest absolute Gasteiger partial charge is 0.489 e.